The van der Waals surface area contributed by atoms with E-state index in [2.05, 4.69) is 20.4 Å². The molecule has 1 aliphatic rings. The summed E-state index contributed by atoms with van der Waals surface area (Å²) in [5, 5.41) is 8.81. The summed E-state index contributed by atoms with van der Waals surface area (Å²) in [6.45, 7) is 0. The van der Waals surface area contributed by atoms with Crippen LogP contribution in [0, 0.1) is 0 Å². The number of nitrogens with zero attached hydrogens (tertiary/aromatic N) is 4. The lowest BCUT2D eigenvalue weighted by Gasteiger charge is -2.29. The van der Waals surface area contributed by atoms with Crippen molar-refractivity contribution in [1.29, 1.82) is 0 Å². The van der Waals surface area contributed by atoms with Gasteiger partial charge >= 0.3 is 0 Å². The van der Waals surface area contributed by atoms with Gasteiger partial charge < -0.3 is 5.32 Å². The molecule has 1 saturated carbocycles. The Morgan fingerprint density at radius 3 is 2.67 bits per heavy atom. The van der Waals surface area contributed by atoms with Crippen molar-refractivity contribution in [3.8, 4) is 0 Å². The van der Waals surface area contributed by atoms with E-state index in [9.17, 15) is 4.79 Å². The van der Waals surface area contributed by atoms with Crippen LogP contribution in [0.4, 0.5) is 5.82 Å². The fourth-order valence-electron chi connectivity index (χ4n) is 3.42. The van der Waals surface area contributed by atoms with Gasteiger partial charge in [0.25, 0.3) is 5.56 Å². The SMILES string of the molecule is O=c1cccnn1C1CCC(Nc2ncnc3ccccc23)CC1. The number of rotatable bonds is 3. The number of hydrogen-bond donors (Lipinski definition) is 1. The summed E-state index contributed by atoms with van der Waals surface area (Å²) in [4.78, 5) is 20.6. The Kier molecular flexibility index (Phi) is 3.94. The molecule has 0 radical (unpaired) electrons. The maximum atomic E-state index is 11.9. The molecule has 0 unspecified atom stereocenters. The van der Waals surface area contributed by atoms with Gasteiger partial charge in [0, 0.05) is 23.7 Å². The Morgan fingerprint density at radius 2 is 1.83 bits per heavy atom. The first-order valence-corrected chi connectivity index (χ1v) is 8.31. The van der Waals surface area contributed by atoms with E-state index < -0.39 is 0 Å². The number of nitrogens with one attached hydrogen (secondary N) is 1. The van der Waals surface area contributed by atoms with Crippen LogP contribution >= 0.6 is 0 Å². The van der Waals surface area contributed by atoms with Crippen molar-refractivity contribution in [2.24, 2.45) is 0 Å². The van der Waals surface area contributed by atoms with E-state index in [1.54, 1.807) is 29.3 Å². The number of aromatic nitrogens is 4. The molecule has 24 heavy (non-hydrogen) atoms. The minimum atomic E-state index is -0.0179. The Labute approximate surface area is 139 Å². The fraction of sp³-hybridized carbons (Fsp3) is 0.333. The molecule has 0 atom stereocenters. The van der Waals surface area contributed by atoms with Crippen molar-refractivity contribution in [2.45, 2.75) is 37.8 Å². The van der Waals surface area contributed by atoms with Crippen molar-refractivity contribution in [3.63, 3.8) is 0 Å². The maximum absolute atomic E-state index is 11.9. The molecule has 1 fully saturated rings. The summed E-state index contributed by atoms with van der Waals surface area (Å²) in [6, 6.07) is 11.8. The zero-order chi connectivity index (χ0) is 16.4. The quantitative estimate of drug-likeness (QED) is 0.803. The highest BCUT2D eigenvalue weighted by Crippen LogP contribution is 2.29. The molecule has 1 N–H and O–H groups in total. The molecule has 3 aromatic rings. The van der Waals surface area contributed by atoms with Gasteiger partial charge in [-0.1, -0.05) is 12.1 Å². The Balaban J connectivity index is 1.47. The van der Waals surface area contributed by atoms with E-state index in [-0.39, 0.29) is 11.6 Å². The number of benzene rings is 1. The molecule has 0 saturated heterocycles. The Morgan fingerprint density at radius 1 is 1.00 bits per heavy atom. The highest BCUT2D eigenvalue weighted by Gasteiger charge is 2.24. The summed E-state index contributed by atoms with van der Waals surface area (Å²) in [5.74, 6) is 0.888. The second-order valence-electron chi connectivity index (χ2n) is 6.20. The van der Waals surface area contributed by atoms with Gasteiger partial charge in [-0.2, -0.15) is 5.10 Å². The first-order valence-electron chi connectivity index (χ1n) is 8.31. The molecule has 1 aliphatic carbocycles. The van der Waals surface area contributed by atoms with Crippen LogP contribution in [0.25, 0.3) is 10.9 Å². The average molecular weight is 321 g/mol. The second kappa shape index (κ2) is 6.39. The molecule has 1 aromatic carbocycles. The highest BCUT2D eigenvalue weighted by molar-refractivity contribution is 5.88. The molecule has 6 heteroatoms. The van der Waals surface area contributed by atoms with Gasteiger partial charge in [-0.3, -0.25) is 4.79 Å². The molecule has 122 valence electrons. The largest absolute Gasteiger partial charge is 0.367 e. The molecule has 0 amide bonds. The maximum Gasteiger partial charge on any atom is 0.266 e. The summed E-state index contributed by atoms with van der Waals surface area (Å²) >= 11 is 0. The minimum absolute atomic E-state index is 0.0179. The van der Waals surface area contributed by atoms with Crippen LogP contribution < -0.4 is 10.9 Å². The van der Waals surface area contributed by atoms with Crippen molar-refractivity contribution in [3.05, 3.63) is 59.3 Å². The fourth-order valence-corrected chi connectivity index (χ4v) is 3.42. The van der Waals surface area contributed by atoms with Crippen molar-refractivity contribution in [1.82, 2.24) is 19.7 Å². The van der Waals surface area contributed by atoms with Crippen LogP contribution in [0.2, 0.25) is 0 Å². The summed E-state index contributed by atoms with van der Waals surface area (Å²) < 4.78 is 1.62. The Bertz CT molecular complexity index is 894. The van der Waals surface area contributed by atoms with Crippen LogP contribution in [-0.2, 0) is 0 Å². The number of anilines is 1. The molecular weight excluding hydrogens is 302 g/mol. The summed E-state index contributed by atoms with van der Waals surface area (Å²) in [5.41, 5.74) is 0.930. The van der Waals surface area contributed by atoms with Crippen molar-refractivity contribution >= 4 is 16.7 Å². The molecule has 0 bridgehead atoms. The zero-order valence-electron chi connectivity index (χ0n) is 13.3. The zero-order valence-corrected chi connectivity index (χ0v) is 13.3. The normalized spacial score (nSPS) is 20.8. The van der Waals surface area contributed by atoms with Gasteiger partial charge in [-0.05, 0) is 43.9 Å². The first kappa shape index (κ1) is 14.8. The van der Waals surface area contributed by atoms with E-state index in [0.717, 1.165) is 42.4 Å². The van der Waals surface area contributed by atoms with E-state index in [4.69, 9.17) is 0 Å². The second-order valence-corrected chi connectivity index (χ2v) is 6.20. The minimum Gasteiger partial charge on any atom is -0.367 e. The van der Waals surface area contributed by atoms with Crippen molar-refractivity contribution in [2.75, 3.05) is 5.32 Å². The summed E-state index contributed by atoms with van der Waals surface area (Å²) in [6.07, 6.45) is 7.15. The topological polar surface area (TPSA) is 72.7 Å². The predicted molar refractivity (Wildman–Crippen MR) is 93.0 cm³/mol. The van der Waals surface area contributed by atoms with Gasteiger partial charge in [0.15, 0.2) is 0 Å². The summed E-state index contributed by atoms with van der Waals surface area (Å²) in [7, 11) is 0. The lowest BCUT2D eigenvalue weighted by atomic mass is 9.91. The van der Waals surface area contributed by atoms with Crippen LogP contribution in [0.5, 0.6) is 0 Å². The highest BCUT2D eigenvalue weighted by atomic mass is 16.1. The van der Waals surface area contributed by atoms with E-state index >= 15 is 0 Å². The molecular formula is C18H19N5O. The van der Waals surface area contributed by atoms with E-state index in [1.807, 2.05) is 24.3 Å². The van der Waals surface area contributed by atoms with Gasteiger partial charge in [-0.25, -0.2) is 14.6 Å². The molecule has 0 spiro atoms. The molecule has 0 aliphatic heterocycles. The number of para-hydroxylation sites is 1. The average Bonchev–Trinajstić information content (AvgIpc) is 2.63. The first-order chi connectivity index (χ1) is 11.8. The van der Waals surface area contributed by atoms with E-state index in [0.29, 0.717) is 6.04 Å². The molecule has 2 aromatic heterocycles. The predicted octanol–water partition coefficient (Wildman–Crippen LogP) is 2.78. The molecule has 6 nitrogen and oxygen atoms in total. The third-order valence-corrected chi connectivity index (χ3v) is 4.67. The van der Waals surface area contributed by atoms with Gasteiger partial charge in [0.2, 0.25) is 0 Å². The smallest absolute Gasteiger partial charge is 0.266 e. The lowest BCUT2D eigenvalue weighted by Crippen LogP contribution is -2.33. The van der Waals surface area contributed by atoms with Gasteiger partial charge in [0.1, 0.15) is 12.1 Å². The third-order valence-electron chi connectivity index (χ3n) is 4.67. The van der Waals surface area contributed by atoms with Gasteiger partial charge in [-0.15, -0.1) is 0 Å². The number of fused-ring (bicyclic) bond motifs is 1. The standard InChI is InChI=1S/C18H19N5O/c24-17-6-3-11-21-23(17)14-9-7-13(8-10-14)22-18-15-4-1-2-5-16(15)19-12-20-18/h1-6,11-14H,7-10H2,(H,19,20,22). The van der Waals surface area contributed by atoms with Crippen LogP contribution in [0.3, 0.4) is 0 Å². The van der Waals surface area contributed by atoms with Crippen LogP contribution in [-0.4, -0.2) is 25.8 Å². The van der Waals surface area contributed by atoms with Gasteiger partial charge in [0.05, 0.1) is 11.6 Å². The lowest BCUT2D eigenvalue weighted by molar-refractivity contribution is 0.303. The number of hydrogen-bond acceptors (Lipinski definition) is 5. The van der Waals surface area contributed by atoms with Crippen LogP contribution in [0.15, 0.2) is 53.7 Å². The Hall–Kier alpha value is -2.76. The van der Waals surface area contributed by atoms with Crippen molar-refractivity contribution < 1.29 is 0 Å². The molecule has 2 heterocycles. The van der Waals surface area contributed by atoms with E-state index in [1.165, 1.54) is 0 Å². The molecule has 4 rings (SSSR count). The monoisotopic (exact) mass is 321 g/mol. The third kappa shape index (κ3) is 2.87. The van der Waals surface area contributed by atoms with Crippen LogP contribution in [0.1, 0.15) is 31.7 Å².